The van der Waals surface area contributed by atoms with Crippen LogP contribution in [0.25, 0.3) is 33.9 Å². The first-order chi connectivity index (χ1) is 21.9. The lowest BCUT2D eigenvalue weighted by atomic mass is 9.97. The molecule has 0 radical (unpaired) electrons. The van der Waals surface area contributed by atoms with Gasteiger partial charge in [-0.05, 0) is 18.2 Å². The minimum atomic E-state index is -0.138. The minimum Gasteiger partial charge on any atom is -0.315 e. The minimum absolute atomic E-state index is 0.138. The number of nitrogens with zero attached hydrogens (tertiary/aromatic N) is 6. The van der Waals surface area contributed by atoms with Gasteiger partial charge in [-0.2, -0.15) is 0 Å². The van der Waals surface area contributed by atoms with Crippen LogP contribution in [0.1, 0.15) is 5.69 Å². The molecule has 6 aromatic rings. The molecule has 0 bridgehead atoms. The van der Waals surface area contributed by atoms with Crippen molar-refractivity contribution in [3.63, 3.8) is 0 Å². The molecule has 44 heavy (non-hydrogen) atoms. The summed E-state index contributed by atoms with van der Waals surface area (Å²) < 4.78 is 2.35. The maximum atomic E-state index is 5.33. The zero-order valence-corrected chi connectivity index (χ0v) is 23.6. The van der Waals surface area contributed by atoms with E-state index in [9.17, 15) is 0 Å². The molecule has 1 atom stereocenters. The summed E-state index contributed by atoms with van der Waals surface area (Å²) in [6, 6.07) is 43.6. The van der Waals surface area contributed by atoms with Crippen molar-refractivity contribution in [1.29, 1.82) is 0 Å². The van der Waals surface area contributed by atoms with E-state index in [4.69, 9.17) is 19.9 Å². The van der Waals surface area contributed by atoms with E-state index in [1.807, 2.05) is 48.8 Å². The van der Waals surface area contributed by atoms with Crippen molar-refractivity contribution in [2.75, 3.05) is 4.90 Å². The molecule has 6 heteroatoms. The summed E-state index contributed by atoms with van der Waals surface area (Å²) in [5.41, 5.74) is 11.8. The molecule has 3 aliphatic rings. The summed E-state index contributed by atoms with van der Waals surface area (Å²) in [6.45, 7) is 0. The fourth-order valence-electron chi connectivity index (χ4n) is 6.56. The largest absolute Gasteiger partial charge is 0.315 e. The number of anilines is 2. The van der Waals surface area contributed by atoms with Crippen LogP contribution in [-0.2, 0) is 0 Å². The summed E-state index contributed by atoms with van der Waals surface area (Å²) >= 11 is 0. The molecule has 3 aliphatic heterocycles. The number of hydrogen-bond donors (Lipinski definition) is 0. The van der Waals surface area contributed by atoms with E-state index in [-0.39, 0.29) is 6.04 Å². The molecule has 2 aromatic heterocycles. The predicted octanol–water partition coefficient (Wildman–Crippen LogP) is 8.00. The maximum absolute atomic E-state index is 5.33. The Morgan fingerprint density at radius 1 is 0.568 bits per heavy atom. The smallest absolute Gasteiger partial charge is 0.264 e. The Balaban J connectivity index is 1.43. The second kappa shape index (κ2) is 9.78. The number of rotatable bonds is 4. The molecule has 6 nitrogen and oxygen atoms in total. The van der Waals surface area contributed by atoms with Crippen LogP contribution in [0, 0.1) is 0 Å². The van der Waals surface area contributed by atoms with Crippen molar-refractivity contribution in [3.05, 3.63) is 152 Å². The molecule has 0 N–H and O–H groups in total. The Kier molecular flexibility index (Phi) is 5.46. The van der Waals surface area contributed by atoms with Crippen molar-refractivity contribution in [2.45, 2.75) is 6.04 Å². The van der Waals surface area contributed by atoms with Crippen LogP contribution in [0.3, 0.4) is 0 Å². The lowest BCUT2D eigenvalue weighted by Crippen LogP contribution is -2.47. The van der Waals surface area contributed by atoms with E-state index in [2.05, 4.69) is 107 Å². The molecule has 0 fully saturated rings. The molecule has 0 amide bonds. The number of aliphatic imine (C=N–C) groups is 1. The van der Waals surface area contributed by atoms with Gasteiger partial charge in [0, 0.05) is 41.2 Å². The number of benzene rings is 4. The highest BCUT2D eigenvalue weighted by Crippen LogP contribution is 2.50. The van der Waals surface area contributed by atoms with Crippen molar-refractivity contribution in [2.24, 2.45) is 4.99 Å². The lowest BCUT2D eigenvalue weighted by Gasteiger charge is -2.32. The monoisotopic (exact) mass is 565 g/mol. The molecular weight excluding hydrogens is 540 g/mol. The predicted molar refractivity (Wildman–Crippen MR) is 177 cm³/mol. The highest BCUT2D eigenvalue weighted by atomic mass is 15.3. The van der Waals surface area contributed by atoms with Gasteiger partial charge in [-0.15, -0.1) is 4.58 Å². The van der Waals surface area contributed by atoms with E-state index in [0.29, 0.717) is 5.82 Å². The second-order valence-electron chi connectivity index (χ2n) is 10.9. The van der Waals surface area contributed by atoms with Crippen molar-refractivity contribution in [3.8, 4) is 33.9 Å². The third-order valence-corrected chi connectivity index (χ3v) is 8.42. The van der Waals surface area contributed by atoms with Crippen molar-refractivity contribution < 1.29 is 0 Å². The highest BCUT2D eigenvalue weighted by molar-refractivity contribution is 6.32. The van der Waals surface area contributed by atoms with E-state index in [0.717, 1.165) is 67.9 Å². The molecule has 4 aromatic carbocycles. The third-order valence-electron chi connectivity index (χ3n) is 8.42. The molecule has 1 unspecified atom stereocenters. The fraction of sp³-hybridized carbons (Fsp3) is 0.0263. The number of fused-ring (bicyclic) bond motifs is 5. The van der Waals surface area contributed by atoms with Gasteiger partial charge in [0.15, 0.2) is 11.9 Å². The van der Waals surface area contributed by atoms with Crippen LogP contribution in [0.4, 0.5) is 22.7 Å². The number of pyridine rings is 1. The Morgan fingerprint density at radius 2 is 1.16 bits per heavy atom. The average molecular weight is 566 g/mol. The van der Waals surface area contributed by atoms with Crippen molar-refractivity contribution in [1.82, 2.24) is 19.5 Å². The van der Waals surface area contributed by atoms with Crippen LogP contribution in [0.15, 0.2) is 151 Å². The van der Waals surface area contributed by atoms with Crippen LogP contribution < -0.4 is 9.48 Å². The van der Waals surface area contributed by atoms with Crippen LogP contribution >= 0.6 is 0 Å². The van der Waals surface area contributed by atoms with Gasteiger partial charge in [0.1, 0.15) is 28.5 Å². The van der Waals surface area contributed by atoms with Gasteiger partial charge in [0.25, 0.3) is 5.69 Å². The third kappa shape index (κ3) is 3.64. The fourth-order valence-corrected chi connectivity index (χ4v) is 6.56. The number of para-hydroxylation sites is 2. The van der Waals surface area contributed by atoms with Gasteiger partial charge in [-0.1, -0.05) is 103 Å². The molecule has 0 saturated carbocycles. The molecule has 0 spiro atoms. The molecule has 0 aliphatic carbocycles. The molecule has 0 saturated heterocycles. The first-order valence-electron chi connectivity index (χ1n) is 14.7. The lowest BCUT2D eigenvalue weighted by molar-refractivity contribution is 0.930. The number of hydrogen-bond acceptors (Lipinski definition) is 5. The number of aromatic nitrogens is 3. The summed E-state index contributed by atoms with van der Waals surface area (Å²) in [6.07, 6.45) is 5.86. The second-order valence-corrected chi connectivity index (χ2v) is 10.9. The topological polar surface area (TPSA) is 57.3 Å². The standard InChI is InChI=1S/C38H25N6/c1-4-13-25(14-5-1)32-37(33(26-15-6-2-7-16-26)42-38(41-32)27-17-8-3-9-18-27)44-29-20-11-10-19-28(29)43-30-21-12-23-39-34(30)35-36(43)31(44)22-24-40-35/h1-24,36H/q+1. The molecule has 5 heterocycles. The first kappa shape index (κ1) is 24.6. The summed E-state index contributed by atoms with van der Waals surface area (Å²) in [5, 5.41) is 0. The van der Waals surface area contributed by atoms with E-state index in [1.165, 1.54) is 0 Å². The highest BCUT2D eigenvalue weighted by Gasteiger charge is 2.51. The summed E-state index contributed by atoms with van der Waals surface area (Å²) in [5.74, 6) is 0.683. The van der Waals surface area contributed by atoms with Crippen LogP contribution in [-0.4, -0.2) is 32.4 Å². The van der Waals surface area contributed by atoms with Crippen molar-refractivity contribution >= 4 is 34.2 Å². The quantitative estimate of drug-likeness (QED) is 0.203. The molecular formula is C38H25N6+. The first-order valence-corrected chi connectivity index (χ1v) is 14.7. The normalized spacial score (nSPS) is 15.9. The Labute approximate surface area is 254 Å². The van der Waals surface area contributed by atoms with E-state index >= 15 is 0 Å². The van der Waals surface area contributed by atoms with E-state index < -0.39 is 0 Å². The van der Waals surface area contributed by atoms with Gasteiger partial charge >= 0.3 is 0 Å². The van der Waals surface area contributed by atoms with E-state index in [1.54, 1.807) is 0 Å². The van der Waals surface area contributed by atoms with Gasteiger partial charge in [-0.3, -0.25) is 9.98 Å². The van der Waals surface area contributed by atoms with Gasteiger partial charge < -0.3 is 4.90 Å². The Bertz CT molecular complexity index is 2110. The zero-order chi connectivity index (χ0) is 29.0. The summed E-state index contributed by atoms with van der Waals surface area (Å²) in [4.78, 5) is 22.7. The van der Waals surface area contributed by atoms with Gasteiger partial charge in [0.05, 0.1) is 5.69 Å². The average Bonchev–Trinajstić information content (AvgIpc) is 3.45. The SMILES string of the molecule is C1=CC2=[N+](c3c(-c4ccccc4)nc(-c4ccccc4)nc3-c3ccccc3)c3ccccc3N3c4cccnc4C(=N1)C23. The van der Waals surface area contributed by atoms with Gasteiger partial charge in [0.2, 0.25) is 11.4 Å². The maximum Gasteiger partial charge on any atom is 0.264 e. The van der Waals surface area contributed by atoms with Crippen LogP contribution in [0.2, 0.25) is 0 Å². The Morgan fingerprint density at radius 3 is 1.84 bits per heavy atom. The molecule has 9 rings (SSSR count). The molecule has 206 valence electrons. The van der Waals surface area contributed by atoms with Gasteiger partial charge in [-0.25, -0.2) is 9.97 Å². The Hall–Kier alpha value is -6.01. The van der Waals surface area contributed by atoms with Crippen LogP contribution in [0.5, 0.6) is 0 Å². The summed E-state index contributed by atoms with van der Waals surface area (Å²) in [7, 11) is 0. The zero-order valence-electron chi connectivity index (χ0n) is 23.6.